The predicted octanol–water partition coefficient (Wildman–Crippen LogP) is 5.06. The van der Waals surface area contributed by atoms with Gasteiger partial charge in [-0.1, -0.05) is 6.07 Å². The van der Waals surface area contributed by atoms with Gasteiger partial charge in [0.15, 0.2) is 0 Å². The minimum Gasteiger partial charge on any atom is -0.368 e. The van der Waals surface area contributed by atoms with Crippen LogP contribution in [-0.2, 0) is 0 Å². The first-order valence-corrected chi connectivity index (χ1v) is 13.0. The fourth-order valence-electron chi connectivity index (χ4n) is 4.86. The molecule has 0 radical (unpaired) electrons. The number of fused-ring (bicyclic) bond motifs is 1. The van der Waals surface area contributed by atoms with Crippen molar-refractivity contribution in [2.75, 3.05) is 36.4 Å². The molecule has 0 spiro atoms. The maximum absolute atomic E-state index is 4.88. The van der Waals surface area contributed by atoms with Gasteiger partial charge in [-0.25, -0.2) is 15.0 Å². The van der Waals surface area contributed by atoms with E-state index in [1.807, 2.05) is 55.6 Å². The Morgan fingerprint density at radius 3 is 2.47 bits per heavy atom. The molecule has 9 heteroatoms. The molecule has 0 aliphatic carbocycles. The summed E-state index contributed by atoms with van der Waals surface area (Å²) in [6.45, 7) is 10.7. The number of H-pyrrole nitrogens is 1. The van der Waals surface area contributed by atoms with E-state index < -0.39 is 0 Å². The molecule has 1 aliphatic rings. The van der Waals surface area contributed by atoms with Gasteiger partial charge in [0, 0.05) is 37.9 Å². The minimum absolute atomic E-state index is 0.592. The molecule has 0 bridgehead atoms. The zero-order chi connectivity index (χ0) is 26.1. The summed E-state index contributed by atoms with van der Waals surface area (Å²) in [5, 5.41) is 3.37. The Balaban J connectivity index is 1.20. The summed E-state index contributed by atoms with van der Waals surface area (Å²) in [5.74, 6) is 0.770. The Hall–Kier alpha value is -4.37. The number of pyridine rings is 4. The Bertz CT molecular complexity index is 1550. The van der Waals surface area contributed by atoms with Gasteiger partial charge >= 0.3 is 0 Å². The minimum atomic E-state index is 0.592. The molecule has 2 N–H and O–H groups in total. The van der Waals surface area contributed by atoms with Crippen molar-refractivity contribution in [3.05, 3.63) is 72.9 Å². The zero-order valence-corrected chi connectivity index (χ0v) is 21.9. The summed E-state index contributed by atoms with van der Waals surface area (Å²) in [6, 6.07) is 16.6. The summed E-state index contributed by atoms with van der Waals surface area (Å²) in [4.78, 5) is 31.4. The largest absolute Gasteiger partial charge is 0.368 e. The van der Waals surface area contributed by atoms with E-state index in [0.29, 0.717) is 6.04 Å². The number of aromatic amines is 1. The van der Waals surface area contributed by atoms with E-state index >= 15 is 0 Å². The summed E-state index contributed by atoms with van der Waals surface area (Å²) in [6.07, 6.45) is 5.42. The van der Waals surface area contributed by atoms with Crippen LogP contribution in [0, 0.1) is 6.92 Å². The van der Waals surface area contributed by atoms with E-state index in [2.05, 4.69) is 60.0 Å². The molecule has 0 aromatic carbocycles. The SMILES string of the molecule is Cc1cccc(-c2[nH]cnc2-c2ccc3ncc(Nc4ccc(N5CCN(C(C)C)CC5)cn4)cc3n2)n1. The molecule has 1 fully saturated rings. The van der Waals surface area contributed by atoms with Crippen molar-refractivity contribution in [2.45, 2.75) is 26.8 Å². The average Bonchev–Trinajstić information content (AvgIpc) is 3.43. The molecule has 1 saturated heterocycles. The number of anilines is 3. The lowest BCUT2D eigenvalue weighted by Crippen LogP contribution is -2.48. The number of piperazine rings is 1. The molecule has 1 aliphatic heterocycles. The molecule has 0 unspecified atom stereocenters. The fraction of sp³-hybridized carbons (Fsp3) is 0.276. The molecule has 0 amide bonds. The van der Waals surface area contributed by atoms with E-state index in [1.54, 1.807) is 12.5 Å². The molecule has 0 atom stereocenters. The van der Waals surface area contributed by atoms with Crippen molar-refractivity contribution < 1.29 is 0 Å². The van der Waals surface area contributed by atoms with Gasteiger partial charge in [0.05, 0.1) is 58.2 Å². The van der Waals surface area contributed by atoms with Crippen LogP contribution < -0.4 is 10.2 Å². The molecule has 6 heterocycles. The highest BCUT2D eigenvalue weighted by molar-refractivity contribution is 5.83. The van der Waals surface area contributed by atoms with E-state index in [-0.39, 0.29) is 0 Å². The Labute approximate surface area is 222 Å². The molecule has 5 aromatic rings. The van der Waals surface area contributed by atoms with Crippen LogP contribution in [0.25, 0.3) is 33.8 Å². The van der Waals surface area contributed by atoms with Gasteiger partial charge < -0.3 is 15.2 Å². The van der Waals surface area contributed by atoms with Crippen molar-refractivity contribution in [3.63, 3.8) is 0 Å². The summed E-state index contributed by atoms with van der Waals surface area (Å²) in [7, 11) is 0. The first-order valence-electron chi connectivity index (χ1n) is 13.0. The monoisotopic (exact) mass is 505 g/mol. The molecule has 38 heavy (non-hydrogen) atoms. The van der Waals surface area contributed by atoms with E-state index in [1.165, 1.54) is 0 Å². The van der Waals surface area contributed by atoms with Crippen molar-refractivity contribution in [1.82, 2.24) is 34.8 Å². The molecule has 0 saturated carbocycles. The maximum atomic E-state index is 4.88. The highest BCUT2D eigenvalue weighted by Crippen LogP contribution is 2.29. The van der Waals surface area contributed by atoms with Crippen LogP contribution in [0.15, 0.2) is 67.3 Å². The lowest BCUT2D eigenvalue weighted by Gasteiger charge is -2.38. The topological polar surface area (TPSA) is 98.8 Å². The number of aromatic nitrogens is 6. The quantitative estimate of drug-likeness (QED) is 0.330. The third kappa shape index (κ3) is 4.92. The molecule has 6 rings (SSSR count). The van der Waals surface area contributed by atoms with Crippen LogP contribution in [-0.4, -0.2) is 67.0 Å². The van der Waals surface area contributed by atoms with Crippen LogP contribution in [0.3, 0.4) is 0 Å². The van der Waals surface area contributed by atoms with Gasteiger partial charge in [-0.2, -0.15) is 0 Å². The maximum Gasteiger partial charge on any atom is 0.130 e. The number of hydrogen-bond acceptors (Lipinski definition) is 8. The van der Waals surface area contributed by atoms with E-state index in [0.717, 1.165) is 82.9 Å². The second-order valence-electron chi connectivity index (χ2n) is 9.89. The van der Waals surface area contributed by atoms with Crippen molar-refractivity contribution >= 4 is 28.2 Å². The highest BCUT2D eigenvalue weighted by Gasteiger charge is 2.19. The van der Waals surface area contributed by atoms with Crippen LogP contribution in [0.5, 0.6) is 0 Å². The van der Waals surface area contributed by atoms with Crippen LogP contribution in [0.4, 0.5) is 17.2 Å². The number of rotatable bonds is 6. The number of nitrogens with zero attached hydrogens (tertiary/aromatic N) is 7. The van der Waals surface area contributed by atoms with Gasteiger partial charge in [-0.15, -0.1) is 0 Å². The molecule has 192 valence electrons. The standard InChI is InChI=1S/C29H31N9/c1-19(2)37-11-13-38(14-12-37)22-7-10-27(31-17-22)35-21-15-26-23(30-16-21)8-9-25(36-26)29-28(32-18-33-29)24-6-4-5-20(3)34-24/h4-10,15-19H,11-14H2,1-3H3,(H,31,35)(H,32,33). The van der Waals surface area contributed by atoms with Crippen molar-refractivity contribution in [2.24, 2.45) is 0 Å². The van der Waals surface area contributed by atoms with E-state index in [4.69, 9.17) is 4.98 Å². The summed E-state index contributed by atoms with van der Waals surface area (Å²) in [5.41, 5.74) is 7.72. The Morgan fingerprint density at radius 1 is 0.842 bits per heavy atom. The number of aryl methyl sites for hydroxylation is 1. The molecular formula is C29H31N9. The number of hydrogen-bond donors (Lipinski definition) is 2. The van der Waals surface area contributed by atoms with Gasteiger partial charge in [-0.3, -0.25) is 14.9 Å². The van der Waals surface area contributed by atoms with Crippen LogP contribution in [0.2, 0.25) is 0 Å². The van der Waals surface area contributed by atoms with Gasteiger partial charge in [0.2, 0.25) is 0 Å². The van der Waals surface area contributed by atoms with Crippen LogP contribution >= 0.6 is 0 Å². The van der Waals surface area contributed by atoms with Crippen LogP contribution in [0.1, 0.15) is 19.5 Å². The third-order valence-electron chi connectivity index (χ3n) is 6.99. The first-order chi connectivity index (χ1) is 18.5. The summed E-state index contributed by atoms with van der Waals surface area (Å²) < 4.78 is 0. The number of nitrogens with one attached hydrogen (secondary N) is 2. The Kier molecular flexibility index (Phi) is 6.43. The lowest BCUT2D eigenvalue weighted by atomic mass is 10.1. The normalized spacial score (nSPS) is 14.4. The molecule has 5 aromatic heterocycles. The van der Waals surface area contributed by atoms with Crippen molar-refractivity contribution in [3.8, 4) is 22.8 Å². The average molecular weight is 506 g/mol. The van der Waals surface area contributed by atoms with Gasteiger partial charge in [0.25, 0.3) is 0 Å². The predicted molar refractivity (Wildman–Crippen MR) is 152 cm³/mol. The first kappa shape index (κ1) is 24.0. The number of imidazole rings is 1. The molecule has 9 nitrogen and oxygen atoms in total. The van der Waals surface area contributed by atoms with Gasteiger partial charge in [-0.05, 0) is 63.2 Å². The zero-order valence-electron chi connectivity index (χ0n) is 21.9. The van der Waals surface area contributed by atoms with E-state index in [9.17, 15) is 0 Å². The molecular weight excluding hydrogens is 474 g/mol. The van der Waals surface area contributed by atoms with Crippen molar-refractivity contribution in [1.29, 1.82) is 0 Å². The highest BCUT2D eigenvalue weighted by atomic mass is 15.3. The third-order valence-corrected chi connectivity index (χ3v) is 6.99. The second kappa shape index (κ2) is 10.2. The van der Waals surface area contributed by atoms with Gasteiger partial charge in [0.1, 0.15) is 11.5 Å². The lowest BCUT2D eigenvalue weighted by molar-refractivity contribution is 0.209. The smallest absolute Gasteiger partial charge is 0.130 e. The summed E-state index contributed by atoms with van der Waals surface area (Å²) >= 11 is 0. The fourth-order valence-corrected chi connectivity index (χ4v) is 4.86. The Morgan fingerprint density at radius 2 is 1.71 bits per heavy atom. The second-order valence-corrected chi connectivity index (χ2v) is 9.89.